The molecule has 5 rings (SSSR count). The molecule has 0 N–H and O–H groups in total. The van der Waals surface area contributed by atoms with E-state index in [0.29, 0.717) is 24.1 Å². The standard InChI is InChI=1S/C35H42FN3O4/c1-35(2,3)43-34(42)33-26-9-8-25(17-26)32(33)30(40)15-21(20-37)14-24-7-6-23(18-28(24)36)22-10-11-29-27(16-22)19-31(41)39(29)13-12-38(4)5/h6-7,10-11,16,18,21,25-26,32-33H,8-9,12-15,17,19H2,1-5H3/t21-,25+,26-,32+,33?/m1/s1. The van der Waals surface area contributed by atoms with E-state index < -0.39 is 29.2 Å². The summed E-state index contributed by atoms with van der Waals surface area (Å²) in [6, 6.07) is 13.0. The second-order valence-corrected chi connectivity index (χ2v) is 13.8. The molecule has 5 atom stereocenters. The van der Waals surface area contributed by atoms with Crippen LogP contribution in [0.25, 0.3) is 11.1 Å². The number of nitriles is 1. The number of halogens is 1. The van der Waals surface area contributed by atoms with Crippen LogP contribution in [0.5, 0.6) is 0 Å². The van der Waals surface area contributed by atoms with Crippen LogP contribution in [-0.2, 0) is 32.0 Å². The molecule has 2 bridgehead atoms. The summed E-state index contributed by atoms with van der Waals surface area (Å²) in [5.41, 5.74) is 3.09. The molecule has 228 valence electrons. The molecule has 1 heterocycles. The lowest BCUT2D eigenvalue weighted by atomic mass is 9.74. The van der Waals surface area contributed by atoms with Crippen LogP contribution < -0.4 is 4.90 Å². The van der Waals surface area contributed by atoms with Gasteiger partial charge in [0, 0.05) is 31.1 Å². The Balaban J connectivity index is 1.26. The van der Waals surface area contributed by atoms with E-state index >= 15 is 4.39 Å². The van der Waals surface area contributed by atoms with Crippen molar-refractivity contribution < 1.29 is 23.5 Å². The number of Topliss-reactive ketones (excluding diaryl/α,β-unsaturated/α-hetero) is 1. The van der Waals surface area contributed by atoms with Crippen molar-refractivity contribution in [1.29, 1.82) is 5.26 Å². The Morgan fingerprint density at radius 3 is 2.42 bits per heavy atom. The Hall–Kier alpha value is -3.57. The van der Waals surface area contributed by atoms with Crippen molar-refractivity contribution >= 4 is 23.3 Å². The average molecular weight is 588 g/mol. The number of hydrogen-bond acceptors (Lipinski definition) is 6. The number of amides is 1. The molecule has 2 fully saturated rings. The van der Waals surface area contributed by atoms with E-state index in [1.165, 1.54) is 6.07 Å². The van der Waals surface area contributed by atoms with Gasteiger partial charge in [-0.25, -0.2) is 4.39 Å². The number of ether oxygens (including phenoxy) is 1. The number of hydrogen-bond donors (Lipinski definition) is 0. The summed E-state index contributed by atoms with van der Waals surface area (Å²) in [6.07, 6.45) is 3.12. The highest BCUT2D eigenvalue weighted by molar-refractivity contribution is 6.02. The van der Waals surface area contributed by atoms with Crippen LogP contribution in [0.3, 0.4) is 0 Å². The number of carbonyl (C=O) groups excluding carboxylic acids is 3. The predicted octanol–water partition coefficient (Wildman–Crippen LogP) is 5.59. The number of carbonyl (C=O) groups is 3. The second-order valence-electron chi connectivity index (χ2n) is 13.8. The first-order valence-corrected chi connectivity index (χ1v) is 15.4. The first kappa shape index (κ1) is 30.9. The zero-order valence-electron chi connectivity index (χ0n) is 25.9. The number of rotatable bonds is 10. The minimum absolute atomic E-state index is 0.00590. The van der Waals surface area contributed by atoms with Gasteiger partial charge >= 0.3 is 5.97 Å². The van der Waals surface area contributed by atoms with Crippen molar-refractivity contribution in [1.82, 2.24) is 4.90 Å². The topological polar surface area (TPSA) is 90.7 Å². The summed E-state index contributed by atoms with van der Waals surface area (Å²) >= 11 is 0. The molecule has 0 saturated heterocycles. The van der Waals surface area contributed by atoms with Gasteiger partial charge in [-0.1, -0.05) is 18.2 Å². The van der Waals surface area contributed by atoms with Crippen molar-refractivity contribution in [2.45, 2.75) is 64.9 Å². The summed E-state index contributed by atoms with van der Waals surface area (Å²) in [6.45, 7) is 6.86. The van der Waals surface area contributed by atoms with Crippen LogP contribution >= 0.6 is 0 Å². The van der Waals surface area contributed by atoms with Gasteiger partial charge in [0.2, 0.25) is 5.91 Å². The predicted molar refractivity (Wildman–Crippen MR) is 163 cm³/mol. The molecule has 43 heavy (non-hydrogen) atoms. The molecule has 2 aliphatic carbocycles. The molecule has 3 aliphatic rings. The number of nitrogens with zero attached hydrogens (tertiary/aromatic N) is 3. The van der Waals surface area contributed by atoms with E-state index in [-0.39, 0.29) is 42.3 Å². The highest BCUT2D eigenvalue weighted by Crippen LogP contribution is 2.53. The molecule has 2 aromatic carbocycles. The molecular formula is C35H42FN3O4. The molecule has 1 unspecified atom stereocenters. The third kappa shape index (κ3) is 6.67. The maximum Gasteiger partial charge on any atom is 0.310 e. The van der Waals surface area contributed by atoms with Crippen molar-refractivity contribution in [2.75, 3.05) is 32.1 Å². The number of benzene rings is 2. The lowest BCUT2D eigenvalue weighted by Gasteiger charge is -2.31. The molecule has 7 nitrogen and oxygen atoms in total. The molecule has 2 aromatic rings. The highest BCUT2D eigenvalue weighted by atomic mass is 19.1. The minimum atomic E-state index is -0.689. The van der Waals surface area contributed by atoms with Crippen LogP contribution in [0.1, 0.15) is 57.6 Å². The first-order valence-electron chi connectivity index (χ1n) is 15.4. The molecular weight excluding hydrogens is 545 g/mol. The molecule has 1 amide bonds. The fourth-order valence-electron chi connectivity index (χ4n) is 7.27. The quantitative estimate of drug-likeness (QED) is 0.337. The summed E-state index contributed by atoms with van der Waals surface area (Å²) in [5, 5.41) is 9.91. The number of ketones is 1. The Morgan fingerprint density at radius 1 is 1.09 bits per heavy atom. The Morgan fingerprint density at radius 2 is 1.77 bits per heavy atom. The van der Waals surface area contributed by atoms with E-state index in [4.69, 9.17) is 4.74 Å². The number of likely N-dealkylation sites (N-methyl/N-ethyl adjacent to an activating group) is 1. The van der Waals surface area contributed by atoms with Gasteiger partial charge in [0.15, 0.2) is 0 Å². The summed E-state index contributed by atoms with van der Waals surface area (Å²) in [7, 11) is 3.95. The van der Waals surface area contributed by atoms with Gasteiger partial charge in [-0.2, -0.15) is 5.26 Å². The maximum atomic E-state index is 15.4. The van der Waals surface area contributed by atoms with Gasteiger partial charge in [0.25, 0.3) is 0 Å². The summed E-state index contributed by atoms with van der Waals surface area (Å²) < 4.78 is 21.0. The SMILES string of the molecule is CN(C)CCN1C(=O)Cc2cc(-c3ccc(C[C@@H](C#N)CC(=O)[C@H]4C(C(=O)OC(C)(C)C)[C@@H]5CC[C@H]4C5)c(F)c3)ccc21. The van der Waals surface area contributed by atoms with E-state index in [9.17, 15) is 19.6 Å². The van der Waals surface area contributed by atoms with Crippen LogP contribution in [0.4, 0.5) is 10.1 Å². The van der Waals surface area contributed by atoms with E-state index in [1.54, 1.807) is 11.0 Å². The monoisotopic (exact) mass is 587 g/mol. The number of fused-ring (bicyclic) bond motifs is 3. The van der Waals surface area contributed by atoms with Crippen LogP contribution in [0.15, 0.2) is 36.4 Å². The van der Waals surface area contributed by atoms with Crippen LogP contribution in [0, 0.1) is 46.7 Å². The van der Waals surface area contributed by atoms with Gasteiger partial charge in [-0.05, 0) is 113 Å². The van der Waals surface area contributed by atoms with E-state index in [1.807, 2.05) is 64.0 Å². The smallest absolute Gasteiger partial charge is 0.310 e. The molecule has 0 aromatic heterocycles. The van der Waals surface area contributed by atoms with Crippen molar-refractivity contribution in [3.05, 3.63) is 53.3 Å². The van der Waals surface area contributed by atoms with E-state index in [2.05, 4.69) is 6.07 Å². The van der Waals surface area contributed by atoms with Gasteiger partial charge in [0.05, 0.1) is 24.3 Å². The van der Waals surface area contributed by atoms with Crippen molar-refractivity contribution in [3.63, 3.8) is 0 Å². The molecule has 2 saturated carbocycles. The zero-order valence-corrected chi connectivity index (χ0v) is 25.9. The average Bonchev–Trinajstić information content (AvgIpc) is 3.63. The molecule has 1 aliphatic heterocycles. The van der Waals surface area contributed by atoms with Gasteiger partial charge in [-0.15, -0.1) is 0 Å². The van der Waals surface area contributed by atoms with E-state index in [0.717, 1.165) is 42.6 Å². The minimum Gasteiger partial charge on any atom is -0.460 e. The Kier molecular flexibility index (Phi) is 8.76. The van der Waals surface area contributed by atoms with Gasteiger partial charge < -0.3 is 14.5 Å². The molecule has 0 spiro atoms. The van der Waals surface area contributed by atoms with Crippen molar-refractivity contribution in [3.8, 4) is 17.2 Å². The van der Waals surface area contributed by atoms with Crippen LogP contribution in [0.2, 0.25) is 0 Å². The summed E-state index contributed by atoms with van der Waals surface area (Å²) in [4.78, 5) is 43.0. The Labute approximate surface area is 254 Å². The maximum absolute atomic E-state index is 15.4. The van der Waals surface area contributed by atoms with Crippen LogP contribution in [-0.4, -0.2) is 55.3 Å². The normalized spacial score (nSPS) is 23.4. The molecule has 0 radical (unpaired) electrons. The third-order valence-corrected chi connectivity index (χ3v) is 9.23. The fraction of sp³-hybridized carbons (Fsp3) is 0.543. The number of esters is 1. The second kappa shape index (κ2) is 12.2. The van der Waals surface area contributed by atoms with Gasteiger partial charge in [0.1, 0.15) is 17.2 Å². The first-order chi connectivity index (χ1) is 20.3. The summed E-state index contributed by atoms with van der Waals surface area (Å²) in [5.74, 6) is -2.04. The fourth-order valence-corrected chi connectivity index (χ4v) is 7.27. The molecule has 8 heteroatoms. The van der Waals surface area contributed by atoms with Gasteiger partial charge in [-0.3, -0.25) is 14.4 Å². The number of anilines is 1. The lowest BCUT2D eigenvalue weighted by molar-refractivity contribution is -0.165. The van der Waals surface area contributed by atoms with Crippen molar-refractivity contribution in [2.24, 2.45) is 29.6 Å². The zero-order chi connectivity index (χ0) is 31.1. The highest BCUT2D eigenvalue weighted by Gasteiger charge is 2.54. The lowest BCUT2D eigenvalue weighted by Crippen LogP contribution is -2.39. The largest absolute Gasteiger partial charge is 0.460 e. The third-order valence-electron chi connectivity index (χ3n) is 9.23. The Bertz CT molecular complexity index is 1460.